The summed E-state index contributed by atoms with van der Waals surface area (Å²) in [5.41, 5.74) is -2.05. The van der Waals surface area contributed by atoms with Crippen molar-refractivity contribution >= 4 is 0 Å². The molecule has 0 spiro atoms. The Bertz CT molecular complexity index is 369. The Morgan fingerprint density at radius 3 is 2.41 bits per heavy atom. The molecule has 1 unspecified atom stereocenters. The highest BCUT2D eigenvalue weighted by Gasteiger charge is 2.51. The number of aryl methyl sites for hydroxylation is 1. The highest BCUT2D eigenvalue weighted by Crippen LogP contribution is 2.38. The van der Waals surface area contributed by atoms with Crippen molar-refractivity contribution in [2.75, 3.05) is 0 Å². The van der Waals surface area contributed by atoms with Gasteiger partial charge in [0.2, 0.25) is 0 Å². The van der Waals surface area contributed by atoms with Gasteiger partial charge in [0.15, 0.2) is 5.60 Å². The van der Waals surface area contributed by atoms with Crippen LogP contribution in [0.4, 0.5) is 13.2 Å². The lowest BCUT2D eigenvalue weighted by Gasteiger charge is -2.27. The van der Waals surface area contributed by atoms with Gasteiger partial charge >= 0.3 is 6.18 Å². The van der Waals surface area contributed by atoms with Gasteiger partial charge in [-0.2, -0.15) is 13.2 Å². The molecule has 0 radical (unpaired) electrons. The molecule has 1 atom stereocenters. The summed E-state index contributed by atoms with van der Waals surface area (Å²) in [5.74, 6) is 0. The minimum atomic E-state index is -4.66. The summed E-state index contributed by atoms with van der Waals surface area (Å²) < 4.78 is 38.0. The van der Waals surface area contributed by atoms with E-state index in [2.05, 4.69) is 0 Å². The number of aliphatic hydroxyl groups is 1. The molecule has 1 N–H and O–H groups in total. The molecule has 0 saturated heterocycles. The monoisotopic (exact) mass is 246 g/mol. The Morgan fingerprint density at radius 2 is 1.88 bits per heavy atom. The van der Waals surface area contributed by atoms with Crippen molar-refractivity contribution in [3.8, 4) is 0 Å². The van der Waals surface area contributed by atoms with Gasteiger partial charge < -0.3 is 5.11 Å². The summed E-state index contributed by atoms with van der Waals surface area (Å²) in [5, 5.41) is 9.55. The van der Waals surface area contributed by atoms with Crippen LogP contribution < -0.4 is 0 Å². The molecular formula is C13H17F3O. The largest absolute Gasteiger partial charge is 0.421 e. The Hall–Kier alpha value is -1.03. The molecule has 0 aliphatic rings. The number of hydrogen-bond donors (Lipinski definition) is 1. The minimum absolute atomic E-state index is 0.0985. The van der Waals surface area contributed by atoms with Crippen LogP contribution in [0, 0.1) is 0 Å². The van der Waals surface area contributed by atoms with E-state index in [0.29, 0.717) is 0 Å². The van der Waals surface area contributed by atoms with Gasteiger partial charge in [-0.1, -0.05) is 37.6 Å². The predicted molar refractivity (Wildman–Crippen MR) is 60.7 cm³/mol. The fourth-order valence-electron chi connectivity index (χ4n) is 1.57. The zero-order chi connectivity index (χ0) is 13.1. The van der Waals surface area contributed by atoms with E-state index < -0.39 is 11.8 Å². The zero-order valence-electron chi connectivity index (χ0n) is 10.0. The van der Waals surface area contributed by atoms with Crippen molar-refractivity contribution in [2.45, 2.75) is 44.9 Å². The lowest BCUT2D eigenvalue weighted by atomic mass is 9.93. The predicted octanol–water partition coefficient (Wildman–Crippen LogP) is 3.80. The maximum atomic E-state index is 12.7. The molecule has 0 fully saturated rings. The number of rotatable bonds is 4. The van der Waals surface area contributed by atoms with E-state index in [1.165, 1.54) is 12.1 Å². The van der Waals surface area contributed by atoms with Crippen molar-refractivity contribution in [1.29, 1.82) is 0 Å². The van der Waals surface area contributed by atoms with Crippen molar-refractivity contribution in [1.82, 2.24) is 0 Å². The fraction of sp³-hybridized carbons (Fsp3) is 0.538. The number of hydrogen-bond acceptors (Lipinski definition) is 1. The van der Waals surface area contributed by atoms with Crippen LogP contribution in [0.3, 0.4) is 0 Å². The normalized spacial score (nSPS) is 15.6. The van der Waals surface area contributed by atoms with Crippen LogP contribution in [0.25, 0.3) is 0 Å². The maximum absolute atomic E-state index is 12.7. The Labute approximate surface area is 99.3 Å². The minimum Gasteiger partial charge on any atom is -0.376 e. The average Bonchev–Trinajstić information content (AvgIpc) is 2.25. The topological polar surface area (TPSA) is 20.2 Å². The van der Waals surface area contributed by atoms with Gasteiger partial charge in [-0.05, 0) is 30.9 Å². The van der Waals surface area contributed by atoms with Gasteiger partial charge in [-0.3, -0.25) is 0 Å². The molecule has 4 heteroatoms. The Balaban J connectivity index is 2.99. The van der Waals surface area contributed by atoms with E-state index in [-0.39, 0.29) is 5.56 Å². The van der Waals surface area contributed by atoms with Crippen molar-refractivity contribution in [3.05, 3.63) is 35.4 Å². The second-order valence-electron chi connectivity index (χ2n) is 4.37. The molecule has 0 amide bonds. The molecule has 1 nitrogen and oxygen atoms in total. The summed E-state index contributed by atoms with van der Waals surface area (Å²) in [6.07, 6.45) is -2.01. The summed E-state index contributed by atoms with van der Waals surface area (Å²) in [7, 11) is 0. The van der Waals surface area contributed by atoms with Crippen LogP contribution in [0.1, 0.15) is 37.8 Å². The average molecular weight is 246 g/mol. The second kappa shape index (κ2) is 5.08. The van der Waals surface area contributed by atoms with Gasteiger partial charge in [0.25, 0.3) is 0 Å². The van der Waals surface area contributed by atoms with Crippen molar-refractivity contribution < 1.29 is 18.3 Å². The third-order valence-corrected chi connectivity index (χ3v) is 2.86. The van der Waals surface area contributed by atoms with Gasteiger partial charge in [-0.15, -0.1) is 0 Å². The number of unbranched alkanes of at least 4 members (excludes halogenated alkanes) is 1. The number of benzene rings is 1. The first kappa shape index (κ1) is 14.0. The molecule has 0 aliphatic carbocycles. The molecule has 1 aromatic rings. The van der Waals surface area contributed by atoms with Gasteiger partial charge in [0.05, 0.1) is 0 Å². The molecule has 17 heavy (non-hydrogen) atoms. The lowest BCUT2D eigenvalue weighted by molar-refractivity contribution is -0.258. The molecule has 1 aromatic carbocycles. The van der Waals surface area contributed by atoms with E-state index in [9.17, 15) is 18.3 Å². The molecule has 96 valence electrons. The smallest absolute Gasteiger partial charge is 0.376 e. The first-order valence-electron chi connectivity index (χ1n) is 5.67. The quantitative estimate of drug-likeness (QED) is 0.856. The SMILES string of the molecule is CCCCc1cccc(C(C)(O)C(F)(F)F)c1. The summed E-state index contributed by atoms with van der Waals surface area (Å²) in [6.45, 7) is 2.81. The van der Waals surface area contributed by atoms with Crippen molar-refractivity contribution in [3.63, 3.8) is 0 Å². The maximum Gasteiger partial charge on any atom is 0.421 e. The van der Waals surface area contributed by atoms with Gasteiger partial charge in [-0.25, -0.2) is 0 Å². The summed E-state index contributed by atoms with van der Waals surface area (Å²) in [6, 6.07) is 6.08. The number of alkyl halides is 3. The van der Waals surface area contributed by atoms with E-state index in [1.807, 2.05) is 6.92 Å². The highest BCUT2D eigenvalue weighted by atomic mass is 19.4. The van der Waals surface area contributed by atoms with E-state index in [0.717, 1.165) is 31.7 Å². The van der Waals surface area contributed by atoms with Crippen LogP contribution in [0.2, 0.25) is 0 Å². The van der Waals surface area contributed by atoms with Crippen LogP contribution in [0.5, 0.6) is 0 Å². The van der Waals surface area contributed by atoms with Gasteiger partial charge in [0.1, 0.15) is 0 Å². The van der Waals surface area contributed by atoms with E-state index in [1.54, 1.807) is 12.1 Å². The first-order valence-corrected chi connectivity index (χ1v) is 5.67. The molecule has 0 bridgehead atoms. The molecule has 1 rings (SSSR count). The standard InChI is InChI=1S/C13H17F3O/c1-3-4-6-10-7-5-8-11(9-10)12(2,17)13(14,15)16/h5,7-9,17H,3-4,6H2,1-2H3. The van der Waals surface area contributed by atoms with Crippen molar-refractivity contribution in [2.24, 2.45) is 0 Å². The third kappa shape index (κ3) is 3.22. The zero-order valence-corrected chi connectivity index (χ0v) is 10.0. The third-order valence-electron chi connectivity index (χ3n) is 2.86. The Morgan fingerprint density at radius 1 is 1.24 bits per heavy atom. The second-order valence-corrected chi connectivity index (χ2v) is 4.37. The molecule has 0 heterocycles. The Kier molecular flexibility index (Phi) is 4.20. The molecule has 0 saturated carbocycles. The first-order chi connectivity index (χ1) is 7.79. The summed E-state index contributed by atoms with van der Waals surface area (Å²) >= 11 is 0. The summed E-state index contributed by atoms with van der Waals surface area (Å²) in [4.78, 5) is 0. The molecular weight excluding hydrogens is 229 g/mol. The van der Waals surface area contributed by atoms with Crippen LogP contribution >= 0.6 is 0 Å². The fourth-order valence-corrected chi connectivity index (χ4v) is 1.57. The lowest BCUT2D eigenvalue weighted by Crippen LogP contribution is -2.39. The van der Waals surface area contributed by atoms with Crippen LogP contribution in [-0.4, -0.2) is 11.3 Å². The highest BCUT2D eigenvalue weighted by molar-refractivity contribution is 5.29. The molecule has 0 aromatic heterocycles. The molecule has 0 aliphatic heterocycles. The number of halogens is 3. The van der Waals surface area contributed by atoms with Gasteiger partial charge in [0, 0.05) is 0 Å². The van der Waals surface area contributed by atoms with E-state index in [4.69, 9.17) is 0 Å². The van der Waals surface area contributed by atoms with Crippen LogP contribution in [0.15, 0.2) is 24.3 Å². The van der Waals surface area contributed by atoms with E-state index >= 15 is 0 Å². The van der Waals surface area contributed by atoms with Crippen LogP contribution in [-0.2, 0) is 12.0 Å².